The van der Waals surface area contributed by atoms with Gasteiger partial charge in [-0.2, -0.15) is 0 Å². The quantitative estimate of drug-likeness (QED) is 0.119. The van der Waals surface area contributed by atoms with Gasteiger partial charge in [-0.05, 0) is 28.8 Å². The lowest BCUT2D eigenvalue weighted by molar-refractivity contribution is -0.291. The fourth-order valence-corrected chi connectivity index (χ4v) is 6.59. The van der Waals surface area contributed by atoms with Crippen LogP contribution in [0.25, 0.3) is 11.3 Å². The van der Waals surface area contributed by atoms with Gasteiger partial charge in [0.15, 0.2) is 23.7 Å². The van der Waals surface area contributed by atoms with E-state index in [0.29, 0.717) is 17.3 Å². The van der Waals surface area contributed by atoms with Gasteiger partial charge < -0.3 is 23.7 Å². The lowest BCUT2D eigenvalue weighted by Gasteiger charge is -2.45. The van der Waals surface area contributed by atoms with Crippen molar-refractivity contribution >= 4 is 11.3 Å². The minimum atomic E-state index is -1.53. The molecular weight excluding hydrogens is 627 g/mol. The zero-order chi connectivity index (χ0) is 32.6. The van der Waals surface area contributed by atoms with E-state index < -0.39 is 48.0 Å². The predicted molar refractivity (Wildman–Crippen MR) is 172 cm³/mol. The van der Waals surface area contributed by atoms with Crippen LogP contribution in [-0.4, -0.2) is 43.3 Å². The lowest BCUT2D eigenvalue weighted by Crippen LogP contribution is -2.56. The summed E-state index contributed by atoms with van der Waals surface area (Å²) in [7, 11) is 1.55. The van der Waals surface area contributed by atoms with E-state index in [-0.39, 0.29) is 25.4 Å². The van der Waals surface area contributed by atoms with Gasteiger partial charge in [0.05, 0.1) is 44.1 Å². The second-order valence-electron chi connectivity index (χ2n) is 11.2. The molecule has 5 aromatic rings. The summed E-state index contributed by atoms with van der Waals surface area (Å²) in [5.41, 5.74) is 3.34. The van der Waals surface area contributed by atoms with Crippen LogP contribution in [-0.2, 0) is 43.5 Å². The fourth-order valence-electron chi connectivity index (χ4n) is 5.59. The molecule has 4 aromatic carbocycles. The van der Waals surface area contributed by atoms with E-state index in [4.69, 9.17) is 28.7 Å². The first-order valence-electron chi connectivity index (χ1n) is 15.2. The minimum absolute atomic E-state index is 0.116. The number of benzene rings is 4. The molecule has 1 fully saturated rings. The third-order valence-corrected chi connectivity index (χ3v) is 8.88. The molecule has 0 amide bonds. The average molecular weight is 662 g/mol. The number of ether oxygens (including phenoxy) is 5. The zero-order valence-electron chi connectivity index (χ0n) is 25.6. The van der Waals surface area contributed by atoms with Crippen LogP contribution in [0.1, 0.15) is 27.6 Å². The standard InChI is InChI=1S/C37H34F3NO5S/c1-42-37-35(45-21-26-15-9-4-10-16-26)32(36-41-30(23-47-36)27-17-28(38)33(40)29(39)18-27)34(44-20-25-13-7-3-8-14-25)31(46-37)22-43-19-24-11-5-2-6-12-24/h2-18,23,31-32,34-35,37H,19-22H2,1H3/t31?,32?,34-,35?,37-/m0/s1. The molecule has 0 radical (unpaired) electrons. The van der Waals surface area contributed by atoms with Crippen molar-refractivity contribution in [2.45, 2.75) is 50.3 Å². The normalized spacial score (nSPS) is 21.1. The summed E-state index contributed by atoms with van der Waals surface area (Å²) in [6.45, 7) is 1.09. The van der Waals surface area contributed by atoms with Crippen LogP contribution in [0, 0.1) is 17.5 Å². The number of aromatic nitrogens is 1. The Morgan fingerprint density at radius 3 is 1.81 bits per heavy atom. The predicted octanol–water partition coefficient (Wildman–Crippen LogP) is 8.07. The number of hydrogen-bond acceptors (Lipinski definition) is 7. The van der Waals surface area contributed by atoms with E-state index in [1.807, 2.05) is 91.0 Å². The fraction of sp³-hybridized carbons (Fsp3) is 0.270. The van der Waals surface area contributed by atoms with Gasteiger partial charge in [-0.25, -0.2) is 18.2 Å². The lowest BCUT2D eigenvalue weighted by atomic mass is 9.88. The van der Waals surface area contributed by atoms with Crippen molar-refractivity contribution in [2.24, 2.45) is 0 Å². The van der Waals surface area contributed by atoms with Gasteiger partial charge in [0, 0.05) is 18.1 Å². The molecule has 47 heavy (non-hydrogen) atoms. The maximum atomic E-state index is 14.2. The third kappa shape index (κ3) is 8.16. The summed E-state index contributed by atoms with van der Waals surface area (Å²) < 4.78 is 73.9. The van der Waals surface area contributed by atoms with E-state index in [2.05, 4.69) is 0 Å². The summed E-state index contributed by atoms with van der Waals surface area (Å²) in [5, 5.41) is 2.27. The molecule has 3 unspecified atom stereocenters. The first kappa shape index (κ1) is 33.0. The van der Waals surface area contributed by atoms with Crippen molar-refractivity contribution in [3.8, 4) is 11.3 Å². The van der Waals surface area contributed by atoms with Crippen LogP contribution < -0.4 is 0 Å². The minimum Gasteiger partial charge on any atom is -0.374 e. The largest absolute Gasteiger partial charge is 0.374 e. The average Bonchev–Trinajstić information content (AvgIpc) is 3.60. The van der Waals surface area contributed by atoms with Gasteiger partial charge >= 0.3 is 0 Å². The van der Waals surface area contributed by atoms with Crippen molar-refractivity contribution in [1.82, 2.24) is 4.98 Å². The molecule has 244 valence electrons. The van der Waals surface area contributed by atoms with Crippen LogP contribution in [0.15, 0.2) is 109 Å². The van der Waals surface area contributed by atoms with Crippen LogP contribution in [0.2, 0.25) is 0 Å². The van der Waals surface area contributed by atoms with Gasteiger partial charge in [-0.15, -0.1) is 11.3 Å². The third-order valence-electron chi connectivity index (χ3n) is 7.93. The number of nitrogens with zero attached hydrogens (tertiary/aromatic N) is 1. The molecule has 1 aliphatic heterocycles. The molecule has 1 aliphatic rings. The highest BCUT2D eigenvalue weighted by molar-refractivity contribution is 7.10. The molecule has 6 nitrogen and oxygen atoms in total. The molecule has 5 atom stereocenters. The molecule has 0 N–H and O–H groups in total. The Balaban J connectivity index is 1.35. The molecule has 0 bridgehead atoms. The van der Waals surface area contributed by atoms with E-state index in [1.54, 1.807) is 12.5 Å². The SMILES string of the molecule is CO[C@H]1OC(COCc2ccccc2)[C@H](OCc2ccccc2)C(c2nc(-c3cc(F)c(F)c(F)c3)cs2)C1OCc1ccccc1. The van der Waals surface area contributed by atoms with E-state index in [1.165, 1.54) is 11.3 Å². The Morgan fingerprint density at radius 2 is 1.26 bits per heavy atom. The summed E-state index contributed by atoms with van der Waals surface area (Å²) in [6, 6.07) is 31.2. The maximum absolute atomic E-state index is 14.2. The second-order valence-corrected chi connectivity index (χ2v) is 12.0. The number of methoxy groups -OCH3 is 1. The molecule has 10 heteroatoms. The highest BCUT2D eigenvalue weighted by Gasteiger charge is 2.50. The van der Waals surface area contributed by atoms with E-state index in [0.717, 1.165) is 28.8 Å². The van der Waals surface area contributed by atoms with Crippen molar-refractivity contribution in [2.75, 3.05) is 13.7 Å². The summed E-state index contributed by atoms with van der Waals surface area (Å²) >= 11 is 1.29. The number of halogens is 3. The van der Waals surface area contributed by atoms with Gasteiger partial charge in [-0.1, -0.05) is 91.0 Å². The Bertz CT molecular complexity index is 1690. The van der Waals surface area contributed by atoms with Crippen LogP contribution >= 0.6 is 11.3 Å². The van der Waals surface area contributed by atoms with Crippen LogP contribution in [0.5, 0.6) is 0 Å². The topological polar surface area (TPSA) is 59.0 Å². The first-order valence-corrected chi connectivity index (χ1v) is 16.1. The molecule has 0 saturated carbocycles. The van der Waals surface area contributed by atoms with E-state index in [9.17, 15) is 13.2 Å². The van der Waals surface area contributed by atoms with Gasteiger partial charge in [-0.3, -0.25) is 0 Å². The highest BCUT2D eigenvalue weighted by Crippen LogP contribution is 2.41. The number of hydrogen-bond donors (Lipinski definition) is 0. The smallest absolute Gasteiger partial charge is 0.194 e. The molecule has 2 heterocycles. The summed E-state index contributed by atoms with van der Waals surface area (Å²) in [5.74, 6) is -4.65. The number of rotatable bonds is 13. The Kier molecular flexibility index (Phi) is 11.1. The van der Waals surface area contributed by atoms with Crippen molar-refractivity contribution in [3.63, 3.8) is 0 Å². The van der Waals surface area contributed by atoms with E-state index >= 15 is 0 Å². The summed E-state index contributed by atoms with van der Waals surface area (Å²) in [4.78, 5) is 4.81. The highest BCUT2D eigenvalue weighted by atomic mass is 32.1. The van der Waals surface area contributed by atoms with Crippen molar-refractivity contribution in [1.29, 1.82) is 0 Å². The molecule has 1 aromatic heterocycles. The monoisotopic (exact) mass is 661 g/mol. The summed E-state index contributed by atoms with van der Waals surface area (Å²) in [6.07, 6.45) is -2.73. The first-order chi connectivity index (χ1) is 23.0. The van der Waals surface area contributed by atoms with Gasteiger partial charge in [0.25, 0.3) is 0 Å². The van der Waals surface area contributed by atoms with Crippen molar-refractivity contribution < 1.29 is 36.9 Å². The van der Waals surface area contributed by atoms with Crippen LogP contribution in [0.4, 0.5) is 13.2 Å². The molecule has 1 saturated heterocycles. The van der Waals surface area contributed by atoms with Gasteiger partial charge in [0.1, 0.15) is 17.2 Å². The Morgan fingerprint density at radius 1 is 0.723 bits per heavy atom. The zero-order valence-corrected chi connectivity index (χ0v) is 26.5. The van der Waals surface area contributed by atoms with Crippen LogP contribution in [0.3, 0.4) is 0 Å². The van der Waals surface area contributed by atoms with Gasteiger partial charge in [0.2, 0.25) is 0 Å². The molecular formula is C37H34F3NO5S. The molecule has 6 rings (SSSR count). The second kappa shape index (κ2) is 15.8. The molecule has 0 aliphatic carbocycles. The Labute approximate surface area is 275 Å². The van der Waals surface area contributed by atoms with Crippen molar-refractivity contribution in [3.05, 3.63) is 148 Å². The maximum Gasteiger partial charge on any atom is 0.194 e. The molecule has 0 spiro atoms. The Hall–Kier alpha value is -3.90. The number of thiazole rings is 1.